The van der Waals surface area contributed by atoms with Gasteiger partial charge in [-0.15, -0.1) is 0 Å². The van der Waals surface area contributed by atoms with E-state index in [1.807, 2.05) is 6.26 Å². The molecular weight excluding hydrogens is 314 g/mol. The molecule has 0 aliphatic carbocycles. The van der Waals surface area contributed by atoms with Crippen LogP contribution >= 0.6 is 0 Å². The van der Waals surface area contributed by atoms with Gasteiger partial charge in [0.1, 0.15) is 0 Å². The van der Waals surface area contributed by atoms with Gasteiger partial charge in [0.15, 0.2) is 0 Å². The summed E-state index contributed by atoms with van der Waals surface area (Å²) in [4.78, 5) is 20.0. The molecule has 4 rings (SSSR count). The second kappa shape index (κ2) is 7.92. The fourth-order valence-electron chi connectivity index (χ4n) is 4.82. The minimum atomic E-state index is 0.246. The quantitative estimate of drug-likeness (QED) is 0.841. The molecule has 3 saturated heterocycles. The number of furan rings is 1. The summed E-state index contributed by atoms with van der Waals surface area (Å²) < 4.78 is 5.18. The van der Waals surface area contributed by atoms with Gasteiger partial charge in [-0.3, -0.25) is 14.6 Å². The second-order valence-corrected chi connectivity index (χ2v) is 8.01. The van der Waals surface area contributed by atoms with Crippen LogP contribution in [-0.2, 0) is 11.3 Å². The van der Waals surface area contributed by atoms with Crippen molar-refractivity contribution >= 4 is 5.91 Å². The van der Waals surface area contributed by atoms with Crippen molar-refractivity contribution in [1.82, 2.24) is 14.7 Å². The van der Waals surface area contributed by atoms with Crippen molar-refractivity contribution in [3.8, 4) is 0 Å². The maximum absolute atomic E-state index is 12.7. The number of rotatable bonds is 4. The average Bonchev–Trinajstić information content (AvgIpc) is 3.36. The van der Waals surface area contributed by atoms with Crippen LogP contribution in [0.1, 0.15) is 44.1 Å². The number of likely N-dealkylation sites (tertiary alicyclic amines) is 3. The van der Waals surface area contributed by atoms with E-state index < -0.39 is 0 Å². The van der Waals surface area contributed by atoms with Gasteiger partial charge < -0.3 is 9.32 Å². The van der Waals surface area contributed by atoms with Crippen molar-refractivity contribution in [2.45, 2.75) is 51.1 Å². The van der Waals surface area contributed by atoms with Crippen molar-refractivity contribution in [3.63, 3.8) is 0 Å². The molecule has 5 heteroatoms. The number of carbonyl (C=O) groups is 1. The third-order valence-electron chi connectivity index (χ3n) is 6.28. The first kappa shape index (κ1) is 17.1. The normalized spacial score (nSPS) is 27.0. The van der Waals surface area contributed by atoms with Gasteiger partial charge in [-0.1, -0.05) is 0 Å². The second-order valence-electron chi connectivity index (χ2n) is 8.01. The summed E-state index contributed by atoms with van der Waals surface area (Å²) in [5.41, 5.74) is 1.27. The third kappa shape index (κ3) is 4.09. The molecule has 3 aliphatic heterocycles. The topological polar surface area (TPSA) is 39.9 Å². The Bertz CT molecular complexity index is 545. The third-order valence-corrected chi connectivity index (χ3v) is 6.28. The van der Waals surface area contributed by atoms with Crippen molar-refractivity contribution < 1.29 is 9.21 Å². The monoisotopic (exact) mass is 345 g/mol. The molecule has 0 N–H and O–H groups in total. The van der Waals surface area contributed by atoms with Crippen LogP contribution in [0.15, 0.2) is 23.0 Å². The summed E-state index contributed by atoms with van der Waals surface area (Å²) in [5.74, 6) is 0.676. The van der Waals surface area contributed by atoms with E-state index in [0.717, 1.165) is 45.7 Å². The van der Waals surface area contributed by atoms with Crippen LogP contribution in [0.4, 0.5) is 0 Å². The van der Waals surface area contributed by atoms with E-state index in [9.17, 15) is 4.79 Å². The summed E-state index contributed by atoms with van der Waals surface area (Å²) in [6.45, 7) is 7.44. The van der Waals surface area contributed by atoms with Gasteiger partial charge in [-0.05, 0) is 64.2 Å². The highest BCUT2D eigenvalue weighted by atomic mass is 16.3. The zero-order valence-electron chi connectivity index (χ0n) is 15.2. The van der Waals surface area contributed by atoms with Gasteiger partial charge in [0, 0.05) is 37.8 Å². The van der Waals surface area contributed by atoms with E-state index in [4.69, 9.17) is 4.42 Å². The lowest BCUT2D eigenvalue weighted by atomic mass is 9.93. The first-order chi connectivity index (χ1) is 12.3. The molecule has 0 radical (unpaired) electrons. The Morgan fingerprint density at radius 1 is 1.04 bits per heavy atom. The van der Waals surface area contributed by atoms with E-state index in [1.54, 1.807) is 6.26 Å². The van der Waals surface area contributed by atoms with Gasteiger partial charge in [0.2, 0.25) is 5.91 Å². The average molecular weight is 345 g/mol. The van der Waals surface area contributed by atoms with Crippen LogP contribution in [0.25, 0.3) is 0 Å². The van der Waals surface area contributed by atoms with Crippen molar-refractivity contribution in [3.05, 3.63) is 24.2 Å². The van der Waals surface area contributed by atoms with E-state index in [1.165, 1.54) is 44.2 Å². The first-order valence-corrected chi connectivity index (χ1v) is 10.1. The van der Waals surface area contributed by atoms with E-state index in [-0.39, 0.29) is 5.92 Å². The zero-order chi connectivity index (χ0) is 17.1. The standard InChI is InChI=1S/C20H31N3O2/c24-20(22-8-1-2-9-22)18-4-3-10-23(15-18)19-5-11-21(12-6-19)14-17-7-13-25-16-17/h7,13,16,18-19H,1-6,8-12,14-15H2/t18-/m1/s1. The van der Waals surface area contributed by atoms with Crippen molar-refractivity contribution in [2.75, 3.05) is 39.3 Å². The molecule has 138 valence electrons. The molecule has 0 bridgehead atoms. The Hall–Kier alpha value is -1.33. The van der Waals surface area contributed by atoms with Gasteiger partial charge in [0.25, 0.3) is 0 Å². The van der Waals surface area contributed by atoms with Crippen molar-refractivity contribution in [2.24, 2.45) is 5.92 Å². The molecule has 1 amide bonds. The summed E-state index contributed by atoms with van der Waals surface area (Å²) in [6, 6.07) is 2.72. The molecule has 3 fully saturated rings. The Labute approximate surface area is 150 Å². The van der Waals surface area contributed by atoms with Crippen LogP contribution < -0.4 is 0 Å². The van der Waals surface area contributed by atoms with Crippen molar-refractivity contribution in [1.29, 1.82) is 0 Å². The fourth-order valence-corrected chi connectivity index (χ4v) is 4.82. The molecule has 4 heterocycles. The maximum Gasteiger partial charge on any atom is 0.226 e. The lowest BCUT2D eigenvalue weighted by Gasteiger charge is -2.42. The summed E-state index contributed by atoms with van der Waals surface area (Å²) in [6.07, 6.45) is 10.7. The molecule has 0 spiro atoms. The smallest absolute Gasteiger partial charge is 0.226 e. The maximum atomic E-state index is 12.7. The molecule has 0 aromatic carbocycles. The van der Waals surface area contributed by atoms with E-state index in [2.05, 4.69) is 20.8 Å². The Morgan fingerprint density at radius 3 is 2.56 bits per heavy atom. The Morgan fingerprint density at radius 2 is 1.84 bits per heavy atom. The highest BCUT2D eigenvalue weighted by Crippen LogP contribution is 2.26. The minimum Gasteiger partial charge on any atom is -0.472 e. The first-order valence-electron chi connectivity index (χ1n) is 10.1. The molecule has 0 saturated carbocycles. The predicted octanol–water partition coefficient (Wildman–Crippen LogP) is 2.58. The summed E-state index contributed by atoms with van der Waals surface area (Å²) in [5, 5.41) is 0. The zero-order valence-corrected chi connectivity index (χ0v) is 15.2. The van der Waals surface area contributed by atoms with Crippen LogP contribution in [0, 0.1) is 5.92 Å². The van der Waals surface area contributed by atoms with Crippen LogP contribution in [0.5, 0.6) is 0 Å². The lowest BCUT2D eigenvalue weighted by Crippen LogP contribution is -2.50. The molecule has 1 atom stereocenters. The van der Waals surface area contributed by atoms with Crippen LogP contribution in [-0.4, -0.2) is 65.9 Å². The fraction of sp³-hybridized carbons (Fsp3) is 0.750. The largest absolute Gasteiger partial charge is 0.472 e. The lowest BCUT2D eigenvalue weighted by molar-refractivity contribution is -0.136. The number of nitrogens with zero attached hydrogens (tertiary/aromatic N) is 3. The predicted molar refractivity (Wildman–Crippen MR) is 97.1 cm³/mol. The highest BCUT2D eigenvalue weighted by Gasteiger charge is 2.34. The van der Waals surface area contributed by atoms with Gasteiger partial charge in [-0.2, -0.15) is 0 Å². The molecule has 1 aromatic rings. The Kier molecular flexibility index (Phi) is 5.42. The van der Waals surface area contributed by atoms with E-state index >= 15 is 0 Å². The molecule has 25 heavy (non-hydrogen) atoms. The van der Waals surface area contributed by atoms with Crippen LogP contribution in [0.2, 0.25) is 0 Å². The van der Waals surface area contributed by atoms with Gasteiger partial charge in [-0.25, -0.2) is 0 Å². The number of hydrogen-bond acceptors (Lipinski definition) is 4. The SMILES string of the molecule is O=C([C@@H]1CCCN(C2CCN(Cc3ccoc3)CC2)C1)N1CCCC1. The molecule has 3 aliphatic rings. The molecule has 0 unspecified atom stereocenters. The minimum absolute atomic E-state index is 0.246. The number of carbonyl (C=O) groups excluding carboxylic acids is 1. The Balaban J connectivity index is 1.26. The number of amides is 1. The summed E-state index contributed by atoms with van der Waals surface area (Å²) >= 11 is 0. The van der Waals surface area contributed by atoms with Gasteiger partial charge >= 0.3 is 0 Å². The number of hydrogen-bond donors (Lipinski definition) is 0. The number of piperidine rings is 2. The highest BCUT2D eigenvalue weighted by molar-refractivity contribution is 5.79. The van der Waals surface area contributed by atoms with Gasteiger partial charge in [0.05, 0.1) is 18.4 Å². The molecule has 5 nitrogen and oxygen atoms in total. The van der Waals surface area contributed by atoms with E-state index in [0.29, 0.717) is 11.9 Å². The molecule has 1 aromatic heterocycles. The molecular formula is C20H31N3O2. The van der Waals surface area contributed by atoms with Crippen LogP contribution in [0.3, 0.4) is 0 Å². The summed E-state index contributed by atoms with van der Waals surface area (Å²) in [7, 11) is 0.